The summed E-state index contributed by atoms with van der Waals surface area (Å²) in [7, 11) is 1.33. The minimum atomic E-state index is -1.60. The Morgan fingerprint density at radius 1 is 0.699 bits per heavy atom. The number of ether oxygens (including phenoxy) is 5. The number of carbonyl (C=O) groups is 8. The molecule has 5 rings (SSSR count). The van der Waals surface area contributed by atoms with Gasteiger partial charge in [0.05, 0.1) is 24.3 Å². The highest BCUT2D eigenvalue weighted by Crippen LogP contribution is 2.40. The van der Waals surface area contributed by atoms with Crippen LogP contribution in [0.3, 0.4) is 0 Å². The summed E-state index contributed by atoms with van der Waals surface area (Å²) < 4.78 is 28.8. The van der Waals surface area contributed by atoms with E-state index in [2.05, 4.69) is 62.6 Å². The van der Waals surface area contributed by atoms with Crippen LogP contribution in [-0.2, 0) is 45.2 Å². The van der Waals surface area contributed by atoms with E-state index in [-0.39, 0.29) is 79.3 Å². The van der Waals surface area contributed by atoms with Crippen LogP contribution < -0.4 is 41.4 Å². The molecule has 0 radical (unpaired) electrons. The molecule has 0 aliphatic carbocycles. The van der Waals surface area contributed by atoms with Crippen molar-refractivity contribution >= 4 is 47.9 Å². The van der Waals surface area contributed by atoms with E-state index in [1.165, 1.54) is 32.3 Å². The molecule has 3 aromatic carbocycles. The first-order valence-corrected chi connectivity index (χ1v) is 27.4. The second kappa shape index (κ2) is 27.5. The van der Waals surface area contributed by atoms with Gasteiger partial charge in [0.2, 0.25) is 17.7 Å². The third kappa shape index (κ3) is 19.9. The van der Waals surface area contributed by atoms with E-state index in [4.69, 9.17) is 23.7 Å². The predicted octanol–water partition coefficient (Wildman–Crippen LogP) is 7.07. The van der Waals surface area contributed by atoms with E-state index in [1.807, 2.05) is 24.3 Å². The van der Waals surface area contributed by atoms with Gasteiger partial charge in [0.25, 0.3) is 5.91 Å². The van der Waals surface area contributed by atoms with Crippen LogP contribution in [0.5, 0.6) is 11.5 Å². The van der Waals surface area contributed by atoms with Crippen molar-refractivity contribution in [2.24, 2.45) is 0 Å². The monoisotopic (exact) mass is 1150 g/mol. The normalized spacial score (nSPS) is 16.1. The molecular weight excluding hydrogens is 1070 g/mol. The van der Waals surface area contributed by atoms with E-state index < -0.39 is 88.8 Å². The van der Waals surface area contributed by atoms with Gasteiger partial charge in [-0.2, -0.15) is 0 Å². The summed E-state index contributed by atoms with van der Waals surface area (Å²) in [4.78, 5) is 119. The minimum Gasteiger partial charge on any atom is -0.491 e. The number of aliphatic carboxylic acids is 1. The summed E-state index contributed by atoms with van der Waals surface area (Å²) in [6.45, 7) is 24.2. The number of aryl methyl sites for hydroxylation is 1. The fourth-order valence-electron chi connectivity index (χ4n) is 8.44. The summed E-state index contributed by atoms with van der Waals surface area (Å²) in [5.41, 5.74) is 0.811. The van der Waals surface area contributed by atoms with Crippen LogP contribution in [0.2, 0.25) is 0 Å². The lowest BCUT2D eigenvalue weighted by molar-refractivity contribution is -0.143. The molecule has 0 spiro atoms. The number of carbonyl (C=O) groups excluding carboxylic acids is 7. The van der Waals surface area contributed by atoms with Crippen molar-refractivity contribution in [1.29, 1.82) is 0 Å². The topological polar surface area (TPSA) is 304 Å². The number of benzene rings is 3. The first-order valence-electron chi connectivity index (χ1n) is 27.4. The van der Waals surface area contributed by atoms with Crippen molar-refractivity contribution in [3.05, 3.63) is 94.8 Å². The van der Waals surface area contributed by atoms with Crippen LogP contribution in [0.1, 0.15) is 135 Å². The number of hydrogen-bond acceptors (Lipinski definition) is 15. The number of likely N-dealkylation sites (N-methyl/N-ethyl adjacent to an activating group) is 1. The van der Waals surface area contributed by atoms with Crippen LogP contribution in [-0.4, -0.2) is 143 Å². The lowest BCUT2D eigenvalue weighted by atomic mass is 9.87. The standard InChI is InChI=1S/C60H81N9O14/c1-34-42(33-64-48(65-34)37-17-20-39(21-18-37)57(3,4)5)50(71)67-43(24-25-61-54(76)81-58(6,7)8)52(73)69(15)47-38-19-23-46(80-29-27-63-56(78)83-60(12,13)14)41(32-38)40-30-36(31-44(53(74)75)68-49(70)35(2)66-51(47)72)16-22-45(40)79-28-26-62-55(77)82-59(9,10)11/h16-23,30,32-33,35,43-44,47H,24-29,31H2,1-15H3,(H,61,76)(H,62,77)(H,63,78)(H,66,72)(H,67,71)(H,68,70)(H,74,75)/t35-,43-,44-,47-/m0/s1. The highest BCUT2D eigenvalue weighted by molar-refractivity contribution is 6.00. The lowest BCUT2D eigenvalue weighted by Crippen LogP contribution is -2.55. The largest absolute Gasteiger partial charge is 0.491 e. The first-order chi connectivity index (χ1) is 38.6. The number of aromatic nitrogens is 2. The Balaban J connectivity index is 1.62. The molecule has 23 nitrogen and oxygen atoms in total. The molecule has 1 aromatic heterocycles. The van der Waals surface area contributed by atoms with Crippen LogP contribution in [0.4, 0.5) is 14.4 Å². The molecule has 2 heterocycles. The van der Waals surface area contributed by atoms with Gasteiger partial charge in [-0.05, 0) is 129 Å². The average Bonchev–Trinajstić information content (AvgIpc) is 3.33. The summed E-state index contributed by atoms with van der Waals surface area (Å²) in [5, 5.41) is 26.3. The van der Waals surface area contributed by atoms with Crippen molar-refractivity contribution < 1.29 is 67.1 Å². The summed E-state index contributed by atoms with van der Waals surface area (Å²) in [5.74, 6) is -3.90. The smallest absolute Gasteiger partial charge is 0.407 e. The van der Waals surface area contributed by atoms with Crippen LogP contribution in [0, 0.1) is 6.92 Å². The molecule has 23 heteroatoms. The molecule has 1 aliphatic heterocycles. The van der Waals surface area contributed by atoms with Gasteiger partial charge >= 0.3 is 24.2 Å². The molecule has 0 saturated carbocycles. The highest BCUT2D eigenvalue weighted by atomic mass is 16.6. The number of nitrogens with zero attached hydrogens (tertiary/aromatic N) is 3. The van der Waals surface area contributed by atoms with Gasteiger partial charge in [-0.15, -0.1) is 0 Å². The molecule has 4 atom stereocenters. The highest BCUT2D eigenvalue weighted by Gasteiger charge is 2.37. The maximum atomic E-state index is 15.2. The van der Waals surface area contributed by atoms with Gasteiger partial charge in [0, 0.05) is 42.9 Å². The molecule has 83 heavy (non-hydrogen) atoms. The van der Waals surface area contributed by atoms with Gasteiger partial charge in [0.1, 0.15) is 65.7 Å². The fourth-order valence-corrected chi connectivity index (χ4v) is 8.44. The van der Waals surface area contributed by atoms with Gasteiger partial charge in [0.15, 0.2) is 5.82 Å². The number of rotatable bonds is 17. The number of hydrogen-bond donors (Lipinski definition) is 7. The Morgan fingerprint density at radius 3 is 1.72 bits per heavy atom. The maximum absolute atomic E-state index is 15.2. The van der Waals surface area contributed by atoms with E-state index in [0.717, 1.165) is 10.5 Å². The van der Waals surface area contributed by atoms with Crippen LogP contribution in [0.15, 0.2) is 66.9 Å². The number of carboxylic acids is 1. The second-order valence-corrected chi connectivity index (χ2v) is 24.1. The van der Waals surface area contributed by atoms with Crippen molar-refractivity contribution in [3.63, 3.8) is 0 Å². The predicted molar refractivity (Wildman–Crippen MR) is 309 cm³/mol. The van der Waals surface area contributed by atoms with Crippen LogP contribution >= 0.6 is 0 Å². The Morgan fingerprint density at radius 2 is 1.22 bits per heavy atom. The van der Waals surface area contributed by atoms with Crippen molar-refractivity contribution in [2.45, 2.75) is 156 Å². The summed E-state index contributed by atoms with van der Waals surface area (Å²) >= 11 is 0. The average molecular weight is 1150 g/mol. The SMILES string of the molecule is Cc1nc(-c2ccc(C(C)(C)C)cc2)ncc1C(=O)N[C@@H](CCNC(=O)OC(C)(C)C)C(=O)N(C)[C@@H]1C(=O)N[C@@H](C)C(=O)N[C@H](C(=O)O)Cc2ccc(OCCNC(=O)OC(C)(C)C)c(c2)-c2cc1ccc2OCCNC(=O)OC(C)(C)C. The van der Waals surface area contributed by atoms with Crippen molar-refractivity contribution in [3.8, 4) is 34.0 Å². The van der Waals surface area contributed by atoms with Gasteiger partial charge < -0.3 is 65.6 Å². The maximum Gasteiger partial charge on any atom is 0.407 e. The number of fused-ring (bicyclic) bond motifs is 5. The Hall–Kier alpha value is -8.50. The molecule has 450 valence electrons. The molecule has 4 aromatic rings. The second-order valence-electron chi connectivity index (χ2n) is 24.1. The van der Waals surface area contributed by atoms with Gasteiger partial charge in [-0.25, -0.2) is 29.1 Å². The molecule has 1 aliphatic rings. The van der Waals surface area contributed by atoms with E-state index in [0.29, 0.717) is 28.2 Å². The van der Waals surface area contributed by atoms with Crippen LogP contribution in [0.25, 0.3) is 22.5 Å². The minimum absolute atomic E-state index is 0.00851. The molecule has 7 N–H and O–H groups in total. The zero-order valence-electron chi connectivity index (χ0n) is 50.2. The molecule has 7 amide bonds. The molecule has 0 fully saturated rings. The van der Waals surface area contributed by atoms with E-state index in [9.17, 15) is 38.7 Å². The molecule has 0 unspecified atom stereocenters. The Kier molecular flexibility index (Phi) is 21.6. The Bertz CT molecular complexity index is 3010. The summed E-state index contributed by atoms with van der Waals surface area (Å²) in [6, 6.07) is 11.3. The van der Waals surface area contributed by atoms with Crippen molar-refractivity contribution in [2.75, 3.05) is 39.9 Å². The number of amides is 7. The zero-order valence-corrected chi connectivity index (χ0v) is 50.2. The molecule has 4 bridgehead atoms. The first kappa shape index (κ1) is 65.3. The number of alkyl carbamates (subject to hydrolysis) is 3. The third-order valence-electron chi connectivity index (χ3n) is 12.4. The zero-order chi connectivity index (χ0) is 61.8. The summed E-state index contributed by atoms with van der Waals surface area (Å²) in [6.07, 6.45) is -1.25. The number of nitrogens with one attached hydrogen (secondary N) is 6. The van der Waals surface area contributed by atoms with E-state index in [1.54, 1.807) is 93.5 Å². The number of carboxylic acid groups (broad SMARTS) is 1. The van der Waals surface area contributed by atoms with Gasteiger partial charge in [-0.1, -0.05) is 57.2 Å². The van der Waals surface area contributed by atoms with Gasteiger partial charge in [-0.3, -0.25) is 19.2 Å². The quantitative estimate of drug-likeness (QED) is 0.0411. The third-order valence-corrected chi connectivity index (χ3v) is 12.4. The van der Waals surface area contributed by atoms with Crippen molar-refractivity contribution in [1.82, 2.24) is 46.8 Å². The lowest BCUT2D eigenvalue weighted by Gasteiger charge is -2.32. The fraction of sp³-hybridized carbons (Fsp3) is 0.500. The van der Waals surface area contributed by atoms with E-state index >= 15 is 4.79 Å². The Labute approximate surface area is 485 Å². The molecular formula is C60H81N9O14. The molecule has 0 saturated heterocycles.